The number of aryl methyl sites for hydroxylation is 1. The molecule has 0 spiro atoms. The van der Waals surface area contributed by atoms with Gasteiger partial charge in [-0.05, 0) is 30.7 Å². The number of benzene rings is 1. The largest absolute Gasteiger partial charge is 0.478 e. The molecule has 1 aromatic carbocycles. The summed E-state index contributed by atoms with van der Waals surface area (Å²) in [5.74, 6) is -2.12. The summed E-state index contributed by atoms with van der Waals surface area (Å²) < 4.78 is 6.58. The van der Waals surface area contributed by atoms with Gasteiger partial charge < -0.3 is 9.52 Å². The van der Waals surface area contributed by atoms with Gasteiger partial charge in [-0.2, -0.15) is 0 Å². The van der Waals surface area contributed by atoms with Gasteiger partial charge >= 0.3 is 11.7 Å². The van der Waals surface area contributed by atoms with Crippen molar-refractivity contribution in [2.45, 2.75) is 19.9 Å². The first-order valence-electron chi connectivity index (χ1n) is 6.11. The fraction of sp³-hybridized carbons (Fsp3) is 0.214. The van der Waals surface area contributed by atoms with E-state index in [1.807, 2.05) is 6.92 Å². The molecule has 20 heavy (non-hydrogen) atoms. The number of carboxylic acids is 1. The van der Waals surface area contributed by atoms with E-state index in [9.17, 15) is 14.4 Å². The highest BCUT2D eigenvalue weighted by Crippen LogP contribution is 2.16. The van der Waals surface area contributed by atoms with Crippen molar-refractivity contribution in [3.63, 3.8) is 0 Å². The van der Waals surface area contributed by atoms with Crippen LogP contribution in [-0.4, -0.2) is 21.4 Å². The molecule has 2 aromatic rings. The van der Waals surface area contributed by atoms with Crippen molar-refractivity contribution >= 4 is 22.9 Å². The molecule has 0 atom stereocenters. The Balaban J connectivity index is 2.42. The average molecular weight is 275 g/mol. The molecule has 0 fully saturated rings. The first-order chi connectivity index (χ1) is 9.52. The van der Waals surface area contributed by atoms with Gasteiger partial charge in [0.25, 0.3) is 0 Å². The molecule has 6 heteroatoms. The number of carbonyl (C=O) groups excluding carboxylic acids is 1. The lowest BCUT2D eigenvalue weighted by molar-refractivity contribution is -0.131. The van der Waals surface area contributed by atoms with E-state index in [1.165, 1.54) is 16.7 Å². The van der Waals surface area contributed by atoms with Gasteiger partial charge in [-0.15, -0.1) is 0 Å². The number of allylic oxidation sites excluding steroid dienone is 1. The molecule has 0 unspecified atom stereocenters. The fourth-order valence-electron chi connectivity index (χ4n) is 1.90. The Bertz CT molecular complexity index is 751. The van der Waals surface area contributed by atoms with Crippen LogP contribution >= 0.6 is 0 Å². The van der Waals surface area contributed by atoms with E-state index in [4.69, 9.17) is 9.52 Å². The maximum absolute atomic E-state index is 11.7. The molecule has 0 bridgehead atoms. The second kappa shape index (κ2) is 5.56. The molecule has 2 rings (SSSR count). The Morgan fingerprint density at radius 3 is 2.75 bits per heavy atom. The summed E-state index contributed by atoms with van der Waals surface area (Å²) in [5.41, 5.74) is 1.21. The number of nitrogens with zero attached hydrogens (tertiary/aromatic N) is 1. The molecule has 6 nitrogen and oxygen atoms in total. The first-order valence-corrected chi connectivity index (χ1v) is 6.11. The number of carbonyl (C=O) groups is 2. The van der Waals surface area contributed by atoms with Crippen molar-refractivity contribution in [3.8, 4) is 0 Å². The number of fused-ring (bicyclic) bond motifs is 1. The van der Waals surface area contributed by atoms with Crippen molar-refractivity contribution in [1.29, 1.82) is 0 Å². The van der Waals surface area contributed by atoms with Crippen LogP contribution in [0.2, 0.25) is 0 Å². The normalized spacial score (nSPS) is 11.2. The van der Waals surface area contributed by atoms with E-state index < -0.39 is 17.5 Å². The molecule has 0 saturated heterocycles. The molecule has 1 heterocycles. The second-order valence-corrected chi connectivity index (χ2v) is 4.24. The van der Waals surface area contributed by atoms with Crippen LogP contribution < -0.4 is 5.76 Å². The zero-order valence-corrected chi connectivity index (χ0v) is 10.8. The molecule has 104 valence electrons. The number of hydrogen-bond donors (Lipinski definition) is 1. The highest BCUT2D eigenvalue weighted by Gasteiger charge is 2.11. The van der Waals surface area contributed by atoms with Gasteiger partial charge in [0.1, 0.15) is 0 Å². The van der Waals surface area contributed by atoms with Crippen molar-refractivity contribution in [2.75, 3.05) is 0 Å². The lowest BCUT2D eigenvalue weighted by atomic mass is 10.1. The number of aliphatic carboxylic acids is 1. The van der Waals surface area contributed by atoms with Crippen LogP contribution in [0.1, 0.15) is 23.7 Å². The third kappa shape index (κ3) is 2.69. The summed E-state index contributed by atoms with van der Waals surface area (Å²) >= 11 is 0. The topological polar surface area (TPSA) is 89.5 Å². The summed E-state index contributed by atoms with van der Waals surface area (Å²) in [5, 5.41) is 8.48. The first kappa shape index (κ1) is 13.8. The van der Waals surface area contributed by atoms with Gasteiger partial charge in [-0.3, -0.25) is 9.36 Å². The van der Waals surface area contributed by atoms with E-state index >= 15 is 0 Å². The zero-order chi connectivity index (χ0) is 14.7. The second-order valence-electron chi connectivity index (χ2n) is 4.24. The van der Waals surface area contributed by atoms with Crippen LogP contribution in [0.4, 0.5) is 0 Å². The molecule has 0 aliphatic heterocycles. The molecule has 0 radical (unpaired) electrons. The quantitative estimate of drug-likeness (QED) is 0.664. The minimum Gasteiger partial charge on any atom is -0.478 e. The zero-order valence-electron chi connectivity index (χ0n) is 10.8. The van der Waals surface area contributed by atoms with Crippen LogP contribution in [0.15, 0.2) is 39.6 Å². The summed E-state index contributed by atoms with van der Waals surface area (Å²) in [6, 6.07) is 4.60. The number of aromatic nitrogens is 1. The Kier molecular flexibility index (Phi) is 3.84. The van der Waals surface area contributed by atoms with Crippen molar-refractivity contribution < 1.29 is 19.1 Å². The molecule has 1 N–H and O–H groups in total. The molecule has 0 aliphatic carbocycles. The lowest BCUT2D eigenvalue weighted by Crippen LogP contribution is -2.13. The minimum atomic E-state index is -1.19. The van der Waals surface area contributed by atoms with E-state index in [-0.39, 0.29) is 5.56 Å². The van der Waals surface area contributed by atoms with Crippen LogP contribution in [0.5, 0.6) is 0 Å². The van der Waals surface area contributed by atoms with Gasteiger partial charge in [0.05, 0.1) is 5.52 Å². The third-order valence-electron chi connectivity index (χ3n) is 2.78. The number of carboxylic acid groups (broad SMARTS) is 1. The van der Waals surface area contributed by atoms with Crippen LogP contribution in [-0.2, 0) is 11.3 Å². The van der Waals surface area contributed by atoms with Gasteiger partial charge in [0.15, 0.2) is 11.4 Å². The molecule has 0 aliphatic rings. The van der Waals surface area contributed by atoms with Gasteiger partial charge in [0.2, 0.25) is 0 Å². The monoisotopic (exact) mass is 275 g/mol. The predicted molar refractivity (Wildman–Crippen MR) is 71.9 cm³/mol. The van der Waals surface area contributed by atoms with Gasteiger partial charge in [-0.25, -0.2) is 9.59 Å². The fourth-order valence-corrected chi connectivity index (χ4v) is 1.90. The summed E-state index contributed by atoms with van der Waals surface area (Å²) in [6.45, 7) is 2.48. The van der Waals surface area contributed by atoms with Crippen LogP contribution in [0, 0.1) is 0 Å². The molecular weight excluding hydrogens is 262 g/mol. The molecule has 0 saturated carbocycles. The summed E-state index contributed by atoms with van der Waals surface area (Å²) in [4.78, 5) is 33.7. The average Bonchev–Trinajstić information content (AvgIpc) is 2.72. The Hall–Kier alpha value is -2.63. The SMILES string of the molecule is CCCn1c(=O)oc2cc(C(=O)C=CC(=O)O)ccc21. The lowest BCUT2D eigenvalue weighted by Gasteiger charge is -1.99. The maximum atomic E-state index is 11.7. The Morgan fingerprint density at radius 1 is 1.35 bits per heavy atom. The van der Waals surface area contributed by atoms with Gasteiger partial charge in [-0.1, -0.05) is 6.92 Å². The van der Waals surface area contributed by atoms with Gasteiger partial charge in [0, 0.05) is 18.2 Å². The molecule has 1 aromatic heterocycles. The van der Waals surface area contributed by atoms with Crippen LogP contribution in [0.3, 0.4) is 0 Å². The minimum absolute atomic E-state index is 0.271. The predicted octanol–water partition coefficient (Wildman–Crippen LogP) is 1.83. The van der Waals surface area contributed by atoms with E-state index in [0.717, 1.165) is 18.6 Å². The Morgan fingerprint density at radius 2 is 2.10 bits per heavy atom. The van der Waals surface area contributed by atoms with Crippen molar-refractivity contribution in [1.82, 2.24) is 4.57 Å². The van der Waals surface area contributed by atoms with E-state index in [2.05, 4.69) is 0 Å². The van der Waals surface area contributed by atoms with Crippen molar-refractivity contribution in [2.24, 2.45) is 0 Å². The van der Waals surface area contributed by atoms with E-state index in [1.54, 1.807) is 6.07 Å². The molecule has 0 amide bonds. The number of ketones is 1. The van der Waals surface area contributed by atoms with Crippen molar-refractivity contribution in [3.05, 3.63) is 46.5 Å². The number of hydrogen-bond acceptors (Lipinski definition) is 4. The van der Waals surface area contributed by atoms with Crippen LogP contribution in [0.25, 0.3) is 11.1 Å². The summed E-state index contributed by atoms with van der Waals surface area (Å²) in [6.07, 6.45) is 2.52. The number of oxazole rings is 1. The number of rotatable bonds is 5. The highest BCUT2D eigenvalue weighted by atomic mass is 16.4. The smallest absolute Gasteiger partial charge is 0.419 e. The standard InChI is InChI=1S/C14H13NO5/c1-2-7-15-10-4-3-9(8-12(10)20-14(15)19)11(16)5-6-13(17)18/h3-6,8H,2,7H2,1H3,(H,17,18). The highest BCUT2D eigenvalue weighted by molar-refractivity contribution is 6.08. The van der Waals surface area contributed by atoms with E-state index in [0.29, 0.717) is 17.6 Å². The molecular formula is C14H13NO5. The maximum Gasteiger partial charge on any atom is 0.419 e. The Labute approximate surface area is 113 Å². The third-order valence-corrected chi connectivity index (χ3v) is 2.78. The summed E-state index contributed by atoms with van der Waals surface area (Å²) in [7, 11) is 0.